The van der Waals surface area contributed by atoms with Crippen molar-refractivity contribution in [3.05, 3.63) is 0 Å². The highest BCUT2D eigenvalue weighted by Crippen LogP contribution is 2.59. The van der Waals surface area contributed by atoms with Gasteiger partial charge < -0.3 is 10.2 Å². The van der Waals surface area contributed by atoms with E-state index in [9.17, 15) is 13.2 Å². The number of nitrogens with zero attached hydrogens (tertiary/aromatic N) is 1. The van der Waals surface area contributed by atoms with Crippen LogP contribution in [-0.2, 0) is 14.6 Å². The normalized spacial score (nSPS) is 34.4. The van der Waals surface area contributed by atoms with Gasteiger partial charge in [-0.1, -0.05) is 19.3 Å². The number of rotatable bonds is 1. The molecule has 0 aromatic carbocycles. The van der Waals surface area contributed by atoms with Crippen LogP contribution in [0.3, 0.4) is 0 Å². The zero-order valence-corrected chi connectivity index (χ0v) is 14.7. The van der Waals surface area contributed by atoms with Gasteiger partial charge in [-0.05, 0) is 50.6 Å². The minimum absolute atomic E-state index is 0.158. The van der Waals surface area contributed by atoms with E-state index in [0.29, 0.717) is 13.1 Å². The number of nitrogens with one attached hydrogen (secondary N) is 1. The van der Waals surface area contributed by atoms with Gasteiger partial charge in [-0.15, -0.1) is 0 Å². The molecular formula is C17H28N2O3S. The monoisotopic (exact) mass is 340 g/mol. The van der Waals surface area contributed by atoms with Crippen LogP contribution in [0.2, 0.25) is 0 Å². The molecule has 1 amide bonds. The first-order chi connectivity index (χ1) is 11.0. The smallest absolute Gasteiger partial charge is 0.226 e. The van der Waals surface area contributed by atoms with Gasteiger partial charge >= 0.3 is 0 Å². The fourth-order valence-electron chi connectivity index (χ4n) is 5.22. The molecule has 2 aliphatic heterocycles. The van der Waals surface area contributed by atoms with Gasteiger partial charge in [-0.25, -0.2) is 8.42 Å². The lowest BCUT2D eigenvalue weighted by molar-refractivity contribution is -0.134. The van der Waals surface area contributed by atoms with Crippen LogP contribution in [0.15, 0.2) is 0 Å². The molecule has 0 aromatic heterocycles. The Morgan fingerprint density at radius 1 is 1.04 bits per heavy atom. The highest BCUT2D eigenvalue weighted by molar-refractivity contribution is 7.92. The Bertz CT molecular complexity index is 589. The molecule has 4 aliphatic rings. The number of sulfone groups is 1. The molecule has 23 heavy (non-hydrogen) atoms. The number of carbonyl (C=O) groups is 1. The third-order valence-electron chi connectivity index (χ3n) is 6.93. The maximum absolute atomic E-state index is 13.0. The van der Waals surface area contributed by atoms with Crippen LogP contribution in [0.25, 0.3) is 0 Å². The Morgan fingerprint density at radius 3 is 2.43 bits per heavy atom. The van der Waals surface area contributed by atoms with Crippen LogP contribution in [0.4, 0.5) is 0 Å². The van der Waals surface area contributed by atoms with Gasteiger partial charge in [0.25, 0.3) is 0 Å². The highest BCUT2D eigenvalue weighted by atomic mass is 32.2. The number of piperidine rings is 1. The third-order valence-corrected chi connectivity index (χ3v) is 9.51. The quantitative estimate of drug-likeness (QED) is 0.782. The standard InChI is InChI=1S/C17H28N2O3S/c20-15(14-12-16(14)6-8-18-9-7-16)19-10-11-23(21,22)17(13-19)4-2-1-3-5-17/h14,18H,1-13H2. The summed E-state index contributed by atoms with van der Waals surface area (Å²) in [4.78, 5) is 14.9. The summed E-state index contributed by atoms with van der Waals surface area (Å²) in [6.45, 7) is 2.90. The van der Waals surface area contributed by atoms with Crippen molar-refractivity contribution in [1.82, 2.24) is 10.2 Å². The molecule has 4 rings (SSSR count). The van der Waals surface area contributed by atoms with Crippen molar-refractivity contribution in [1.29, 1.82) is 0 Å². The number of carbonyl (C=O) groups excluding carboxylic acids is 1. The average Bonchev–Trinajstić information content (AvgIpc) is 3.24. The van der Waals surface area contributed by atoms with Crippen molar-refractivity contribution in [3.63, 3.8) is 0 Å². The van der Waals surface area contributed by atoms with Gasteiger partial charge in [0.2, 0.25) is 5.91 Å². The molecule has 2 heterocycles. The summed E-state index contributed by atoms with van der Waals surface area (Å²) in [5, 5.41) is 3.37. The van der Waals surface area contributed by atoms with Crippen LogP contribution in [0, 0.1) is 11.3 Å². The molecular weight excluding hydrogens is 312 g/mol. The summed E-state index contributed by atoms with van der Waals surface area (Å²) < 4.78 is 24.7. The van der Waals surface area contributed by atoms with E-state index in [0.717, 1.165) is 64.5 Å². The van der Waals surface area contributed by atoms with E-state index in [1.807, 2.05) is 4.90 Å². The van der Waals surface area contributed by atoms with E-state index in [4.69, 9.17) is 0 Å². The van der Waals surface area contributed by atoms with Crippen molar-refractivity contribution in [3.8, 4) is 0 Å². The molecule has 0 aromatic rings. The van der Waals surface area contributed by atoms with E-state index in [1.165, 1.54) is 0 Å². The Labute approximate surface area is 139 Å². The second-order valence-corrected chi connectivity index (χ2v) is 10.7. The summed E-state index contributed by atoms with van der Waals surface area (Å²) in [5.74, 6) is 0.567. The Morgan fingerprint density at radius 2 is 1.74 bits per heavy atom. The van der Waals surface area contributed by atoms with Crippen LogP contribution in [0.1, 0.15) is 51.4 Å². The molecule has 6 heteroatoms. The molecule has 2 spiro atoms. The zero-order valence-electron chi connectivity index (χ0n) is 13.8. The van der Waals surface area contributed by atoms with Crippen molar-refractivity contribution in [2.75, 3.05) is 31.9 Å². The first-order valence-electron chi connectivity index (χ1n) is 9.20. The second-order valence-electron chi connectivity index (χ2n) is 8.19. The summed E-state index contributed by atoms with van der Waals surface area (Å²) >= 11 is 0. The number of hydrogen-bond donors (Lipinski definition) is 1. The first kappa shape index (κ1) is 15.9. The Hall–Kier alpha value is -0.620. The molecule has 0 bridgehead atoms. The van der Waals surface area contributed by atoms with Crippen molar-refractivity contribution >= 4 is 15.7 Å². The molecule has 2 saturated carbocycles. The van der Waals surface area contributed by atoms with Gasteiger partial charge in [0.1, 0.15) is 0 Å². The largest absolute Gasteiger partial charge is 0.340 e. The average molecular weight is 340 g/mol. The van der Waals surface area contributed by atoms with E-state index in [-0.39, 0.29) is 23.0 Å². The van der Waals surface area contributed by atoms with Crippen molar-refractivity contribution < 1.29 is 13.2 Å². The predicted molar refractivity (Wildman–Crippen MR) is 88.8 cm³/mol. The molecule has 2 saturated heterocycles. The minimum atomic E-state index is -3.06. The van der Waals surface area contributed by atoms with E-state index in [1.54, 1.807) is 0 Å². The van der Waals surface area contributed by atoms with Gasteiger partial charge in [0.15, 0.2) is 9.84 Å². The van der Waals surface area contributed by atoms with Crippen molar-refractivity contribution in [2.45, 2.75) is 56.1 Å². The van der Waals surface area contributed by atoms with E-state index < -0.39 is 14.6 Å². The number of amides is 1. The molecule has 1 unspecified atom stereocenters. The van der Waals surface area contributed by atoms with Crippen LogP contribution in [-0.4, -0.2) is 55.9 Å². The lowest BCUT2D eigenvalue weighted by atomic mass is 9.87. The fraction of sp³-hybridized carbons (Fsp3) is 0.941. The SMILES string of the molecule is O=C(C1CC12CCNCC2)N1CCS(=O)(=O)C2(CCCCC2)C1. The molecule has 4 fully saturated rings. The summed E-state index contributed by atoms with van der Waals surface area (Å²) in [7, 11) is -3.06. The molecule has 0 radical (unpaired) electrons. The molecule has 130 valence electrons. The lowest BCUT2D eigenvalue weighted by Gasteiger charge is -2.44. The number of hydrogen-bond acceptors (Lipinski definition) is 4. The maximum Gasteiger partial charge on any atom is 0.226 e. The van der Waals surface area contributed by atoms with E-state index >= 15 is 0 Å². The lowest BCUT2D eigenvalue weighted by Crippen LogP contribution is -2.58. The minimum Gasteiger partial charge on any atom is -0.340 e. The fourth-order valence-corrected chi connectivity index (χ4v) is 7.38. The van der Waals surface area contributed by atoms with E-state index in [2.05, 4.69) is 5.32 Å². The Balaban J connectivity index is 1.49. The first-order valence-corrected chi connectivity index (χ1v) is 10.9. The molecule has 1 N–H and O–H groups in total. The molecule has 1 atom stereocenters. The Kier molecular flexibility index (Phi) is 3.76. The van der Waals surface area contributed by atoms with Crippen LogP contribution in [0.5, 0.6) is 0 Å². The highest BCUT2D eigenvalue weighted by Gasteiger charge is 2.60. The van der Waals surface area contributed by atoms with Crippen LogP contribution >= 0.6 is 0 Å². The third kappa shape index (κ3) is 2.53. The summed E-state index contributed by atoms with van der Waals surface area (Å²) in [6, 6.07) is 0. The van der Waals surface area contributed by atoms with Crippen LogP contribution < -0.4 is 5.32 Å². The topological polar surface area (TPSA) is 66.5 Å². The van der Waals surface area contributed by atoms with Gasteiger partial charge in [0, 0.05) is 19.0 Å². The second kappa shape index (κ2) is 5.45. The molecule has 5 nitrogen and oxygen atoms in total. The predicted octanol–water partition coefficient (Wildman–Crippen LogP) is 1.34. The van der Waals surface area contributed by atoms with Gasteiger partial charge in [-0.2, -0.15) is 0 Å². The van der Waals surface area contributed by atoms with Crippen molar-refractivity contribution in [2.24, 2.45) is 11.3 Å². The zero-order chi connectivity index (χ0) is 16.1. The maximum atomic E-state index is 13.0. The summed E-state index contributed by atoms with van der Waals surface area (Å²) in [5.41, 5.74) is 0.235. The van der Waals surface area contributed by atoms with Gasteiger partial charge in [0.05, 0.1) is 10.5 Å². The molecule has 2 aliphatic carbocycles. The summed E-state index contributed by atoms with van der Waals surface area (Å²) in [6.07, 6.45) is 7.81. The van der Waals surface area contributed by atoms with Gasteiger partial charge in [-0.3, -0.25) is 4.79 Å².